The molecule has 1 nitrogen and oxygen atoms in total. The molecule has 0 radical (unpaired) electrons. The van der Waals surface area contributed by atoms with Gasteiger partial charge < -0.3 is 4.90 Å². The highest BCUT2D eigenvalue weighted by atomic mass is 32.1. The van der Waals surface area contributed by atoms with Gasteiger partial charge in [0.05, 0.1) is 0 Å². The van der Waals surface area contributed by atoms with Crippen molar-refractivity contribution in [3.63, 3.8) is 0 Å². The van der Waals surface area contributed by atoms with Crippen LogP contribution in [-0.4, -0.2) is 24.5 Å². The monoisotopic (exact) mass is 195 g/mol. The summed E-state index contributed by atoms with van der Waals surface area (Å²) in [7, 11) is 0. The number of hydrogen-bond donors (Lipinski definition) is 0. The number of piperidine rings is 1. The lowest BCUT2D eigenvalue weighted by molar-refractivity contribution is 0.231. The summed E-state index contributed by atoms with van der Waals surface area (Å²) >= 11 is 1.81. The Hall–Kier alpha value is -0.340. The van der Waals surface area contributed by atoms with Gasteiger partial charge in [-0.25, -0.2) is 0 Å². The van der Waals surface area contributed by atoms with Crippen molar-refractivity contribution < 1.29 is 0 Å². The molecular weight excluding hydrogens is 178 g/mol. The third-order valence-corrected chi connectivity index (χ3v) is 3.48. The highest BCUT2D eigenvalue weighted by molar-refractivity contribution is 7.07. The maximum absolute atomic E-state index is 2.60. The van der Waals surface area contributed by atoms with Gasteiger partial charge in [0.1, 0.15) is 0 Å². The standard InChI is InChI=1S/C11H17NS/c1-2-6-12(7-3-1)8-4-11-5-9-13-10-11/h5,9-10H,1-4,6-8H2. The molecule has 0 aromatic carbocycles. The fourth-order valence-corrected chi connectivity index (χ4v) is 2.61. The average Bonchev–Trinajstić information content (AvgIpc) is 2.69. The summed E-state index contributed by atoms with van der Waals surface area (Å²) in [6, 6.07) is 2.24. The van der Waals surface area contributed by atoms with E-state index in [1.54, 1.807) is 0 Å². The Balaban J connectivity index is 1.72. The lowest BCUT2D eigenvalue weighted by atomic mass is 10.1. The summed E-state index contributed by atoms with van der Waals surface area (Å²) in [5.74, 6) is 0. The molecule has 1 fully saturated rings. The van der Waals surface area contributed by atoms with E-state index >= 15 is 0 Å². The van der Waals surface area contributed by atoms with E-state index in [1.807, 2.05) is 11.3 Å². The first kappa shape index (κ1) is 9.22. The molecule has 1 aromatic heterocycles. The minimum atomic E-state index is 1.24. The zero-order valence-electron chi connectivity index (χ0n) is 8.04. The molecule has 72 valence electrons. The van der Waals surface area contributed by atoms with E-state index in [0.717, 1.165) is 0 Å². The van der Waals surface area contributed by atoms with Crippen molar-refractivity contribution in [2.75, 3.05) is 19.6 Å². The van der Waals surface area contributed by atoms with Gasteiger partial charge in [-0.05, 0) is 54.7 Å². The number of rotatable bonds is 3. The Morgan fingerprint density at radius 1 is 1.23 bits per heavy atom. The van der Waals surface area contributed by atoms with Crippen LogP contribution in [0, 0.1) is 0 Å². The Kier molecular flexibility index (Phi) is 3.39. The van der Waals surface area contributed by atoms with E-state index in [0.29, 0.717) is 0 Å². The van der Waals surface area contributed by atoms with Crippen molar-refractivity contribution in [1.29, 1.82) is 0 Å². The highest BCUT2D eigenvalue weighted by Crippen LogP contribution is 2.11. The first-order chi connectivity index (χ1) is 6.45. The predicted octanol–water partition coefficient (Wildman–Crippen LogP) is 2.78. The van der Waals surface area contributed by atoms with Crippen LogP contribution in [-0.2, 0) is 6.42 Å². The summed E-state index contributed by atoms with van der Waals surface area (Å²) in [5, 5.41) is 4.44. The summed E-state index contributed by atoms with van der Waals surface area (Å²) in [5.41, 5.74) is 1.51. The van der Waals surface area contributed by atoms with Gasteiger partial charge in [0.2, 0.25) is 0 Å². The van der Waals surface area contributed by atoms with E-state index in [2.05, 4.69) is 21.7 Å². The molecule has 13 heavy (non-hydrogen) atoms. The maximum atomic E-state index is 2.60. The first-order valence-corrected chi connectivity index (χ1v) is 6.13. The number of thiophene rings is 1. The normalized spacial score (nSPS) is 19.1. The molecule has 1 aliphatic heterocycles. The van der Waals surface area contributed by atoms with Gasteiger partial charge >= 0.3 is 0 Å². The second-order valence-electron chi connectivity index (χ2n) is 3.78. The van der Waals surface area contributed by atoms with E-state index in [4.69, 9.17) is 0 Å². The summed E-state index contributed by atoms with van der Waals surface area (Å²) in [6.07, 6.45) is 5.49. The first-order valence-electron chi connectivity index (χ1n) is 5.18. The molecule has 1 aliphatic rings. The Bertz CT molecular complexity index is 224. The van der Waals surface area contributed by atoms with Crippen LogP contribution in [0.25, 0.3) is 0 Å². The lowest BCUT2D eigenvalue weighted by Gasteiger charge is -2.26. The molecule has 0 spiro atoms. The van der Waals surface area contributed by atoms with Crippen LogP contribution in [0.4, 0.5) is 0 Å². The van der Waals surface area contributed by atoms with Crippen LogP contribution in [0.2, 0.25) is 0 Å². The third kappa shape index (κ3) is 2.82. The third-order valence-electron chi connectivity index (χ3n) is 2.75. The van der Waals surface area contributed by atoms with Crippen molar-refractivity contribution in [3.05, 3.63) is 22.4 Å². The predicted molar refractivity (Wildman–Crippen MR) is 58.3 cm³/mol. The molecule has 2 heterocycles. The second-order valence-corrected chi connectivity index (χ2v) is 4.56. The Morgan fingerprint density at radius 3 is 2.77 bits per heavy atom. The molecule has 0 saturated carbocycles. The fraction of sp³-hybridized carbons (Fsp3) is 0.636. The van der Waals surface area contributed by atoms with Gasteiger partial charge in [0, 0.05) is 6.54 Å². The van der Waals surface area contributed by atoms with Crippen molar-refractivity contribution in [3.8, 4) is 0 Å². The number of hydrogen-bond acceptors (Lipinski definition) is 2. The van der Waals surface area contributed by atoms with Gasteiger partial charge in [-0.15, -0.1) is 0 Å². The van der Waals surface area contributed by atoms with E-state index in [1.165, 1.54) is 50.9 Å². The van der Waals surface area contributed by atoms with Crippen molar-refractivity contribution in [2.45, 2.75) is 25.7 Å². The fourth-order valence-electron chi connectivity index (χ4n) is 1.91. The molecule has 0 atom stereocenters. The quantitative estimate of drug-likeness (QED) is 0.717. The van der Waals surface area contributed by atoms with Gasteiger partial charge in [0.15, 0.2) is 0 Å². The number of nitrogens with zero attached hydrogens (tertiary/aromatic N) is 1. The minimum Gasteiger partial charge on any atom is -0.303 e. The summed E-state index contributed by atoms with van der Waals surface area (Å²) < 4.78 is 0. The van der Waals surface area contributed by atoms with Crippen LogP contribution in [0.15, 0.2) is 16.8 Å². The van der Waals surface area contributed by atoms with Gasteiger partial charge in [-0.2, -0.15) is 11.3 Å². The molecule has 0 aliphatic carbocycles. The SMILES string of the molecule is c1cc(CCN2CCCCC2)cs1. The molecule has 2 rings (SSSR count). The van der Waals surface area contributed by atoms with Crippen LogP contribution in [0.3, 0.4) is 0 Å². The number of likely N-dealkylation sites (tertiary alicyclic amines) is 1. The smallest absolute Gasteiger partial charge is 0.00221 e. The topological polar surface area (TPSA) is 3.24 Å². The minimum absolute atomic E-state index is 1.24. The van der Waals surface area contributed by atoms with Gasteiger partial charge in [-0.1, -0.05) is 6.42 Å². The van der Waals surface area contributed by atoms with E-state index in [9.17, 15) is 0 Å². The second kappa shape index (κ2) is 4.77. The molecule has 1 saturated heterocycles. The molecular formula is C11H17NS. The van der Waals surface area contributed by atoms with E-state index in [-0.39, 0.29) is 0 Å². The molecule has 0 unspecified atom stereocenters. The molecule has 0 N–H and O–H groups in total. The largest absolute Gasteiger partial charge is 0.303 e. The molecule has 0 bridgehead atoms. The molecule has 2 heteroatoms. The van der Waals surface area contributed by atoms with E-state index < -0.39 is 0 Å². The van der Waals surface area contributed by atoms with Crippen LogP contribution >= 0.6 is 11.3 Å². The van der Waals surface area contributed by atoms with Crippen LogP contribution < -0.4 is 0 Å². The van der Waals surface area contributed by atoms with Gasteiger partial charge in [-0.3, -0.25) is 0 Å². The average molecular weight is 195 g/mol. The van der Waals surface area contributed by atoms with Crippen LogP contribution in [0.1, 0.15) is 24.8 Å². The lowest BCUT2D eigenvalue weighted by Crippen LogP contribution is -2.31. The maximum Gasteiger partial charge on any atom is 0.00221 e. The van der Waals surface area contributed by atoms with Crippen molar-refractivity contribution >= 4 is 11.3 Å². The molecule has 0 amide bonds. The zero-order chi connectivity index (χ0) is 8.93. The molecule has 1 aromatic rings. The zero-order valence-corrected chi connectivity index (χ0v) is 8.85. The Morgan fingerprint density at radius 2 is 2.08 bits per heavy atom. The summed E-state index contributed by atoms with van der Waals surface area (Å²) in [4.78, 5) is 2.60. The van der Waals surface area contributed by atoms with Crippen molar-refractivity contribution in [1.82, 2.24) is 4.90 Å². The van der Waals surface area contributed by atoms with Gasteiger partial charge in [0.25, 0.3) is 0 Å². The highest BCUT2D eigenvalue weighted by Gasteiger charge is 2.09. The van der Waals surface area contributed by atoms with Crippen LogP contribution in [0.5, 0.6) is 0 Å². The van der Waals surface area contributed by atoms with Crippen molar-refractivity contribution in [2.24, 2.45) is 0 Å². The Labute approximate surface area is 84.4 Å². The summed E-state index contributed by atoms with van der Waals surface area (Å²) in [6.45, 7) is 3.91.